The van der Waals surface area contributed by atoms with E-state index in [2.05, 4.69) is 5.32 Å². The molecule has 3 N–H and O–H groups in total. The van der Waals surface area contributed by atoms with E-state index >= 15 is 0 Å². The Hall–Kier alpha value is -2.11. The number of hydrogen-bond donors (Lipinski definition) is 3. The maximum absolute atomic E-state index is 13.2. The van der Waals surface area contributed by atoms with Crippen LogP contribution in [-0.4, -0.2) is 23.1 Å². The molecule has 92 valence electrons. The highest BCUT2D eigenvalue weighted by Gasteiger charge is 2.14. The molecule has 1 aromatic rings. The van der Waals surface area contributed by atoms with E-state index in [4.69, 9.17) is 5.11 Å². The summed E-state index contributed by atoms with van der Waals surface area (Å²) >= 11 is 0. The molecule has 0 aliphatic rings. The number of carbonyl (C=O) groups is 2. The standard InChI is InChI=1S/C11H13FN2O3/c1-7(14-11(16)17)10(15)13-6-8-4-2-3-5-9(8)12/h2-5,7,14H,6H2,1H3,(H,13,15)(H,16,17). The molecule has 1 aromatic carbocycles. The van der Waals surface area contributed by atoms with Crippen LogP contribution in [0.5, 0.6) is 0 Å². The fourth-order valence-electron chi connectivity index (χ4n) is 1.23. The molecule has 0 saturated heterocycles. The van der Waals surface area contributed by atoms with Crippen molar-refractivity contribution in [1.82, 2.24) is 10.6 Å². The third-order valence-electron chi connectivity index (χ3n) is 2.14. The van der Waals surface area contributed by atoms with Gasteiger partial charge in [0.2, 0.25) is 5.91 Å². The molecule has 0 spiro atoms. The van der Waals surface area contributed by atoms with Crippen molar-refractivity contribution < 1.29 is 19.1 Å². The van der Waals surface area contributed by atoms with Gasteiger partial charge in [-0.25, -0.2) is 9.18 Å². The zero-order valence-corrected chi connectivity index (χ0v) is 9.24. The monoisotopic (exact) mass is 240 g/mol. The molecule has 2 amide bonds. The second-order valence-corrected chi connectivity index (χ2v) is 3.48. The molecule has 1 rings (SSSR count). The largest absolute Gasteiger partial charge is 0.465 e. The molecule has 0 fully saturated rings. The van der Waals surface area contributed by atoms with Crippen LogP contribution in [-0.2, 0) is 11.3 Å². The lowest BCUT2D eigenvalue weighted by Crippen LogP contribution is -2.44. The molecular weight excluding hydrogens is 227 g/mol. The van der Waals surface area contributed by atoms with E-state index in [1.54, 1.807) is 18.2 Å². The zero-order valence-electron chi connectivity index (χ0n) is 9.24. The number of nitrogens with one attached hydrogen (secondary N) is 2. The van der Waals surface area contributed by atoms with Crippen LogP contribution in [0.2, 0.25) is 0 Å². The van der Waals surface area contributed by atoms with Gasteiger partial charge in [0.15, 0.2) is 0 Å². The first-order valence-electron chi connectivity index (χ1n) is 5.01. The first kappa shape index (κ1) is 13.0. The quantitative estimate of drug-likeness (QED) is 0.737. The van der Waals surface area contributed by atoms with E-state index in [-0.39, 0.29) is 6.54 Å². The van der Waals surface area contributed by atoms with Gasteiger partial charge in [0, 0.05) is 12.1 Å². The number of rotatable bonds is 4. The first-order valence-corrected chi connectivity index (χ1v) is 5.01. The molecule has 0 saturated carbocycles. The Kier molecular flexibility index (Phi) is 4.45. The Morgan fingerprint density at radius 3 is 2.65 bits per heavy atom. The number of halogens is 1. The van der Waals surface area contributed by atoms with Gasteiger partial charge >= 0.3 is 6.09 Å². The molecule has 5 nitrogen and oxygen atoms in total. The van der Waals surface area contributed by atoms with Gasteiger partial charge in [-0.05, 0) is 13.0 Å². The van der Waals surface area contributed by atoms with E-state index in [1.807, 2.05) is 5.32 Å². The van der Waals surface area contributed by atoms with Crippen molar-refractivity contribution in [2.75, 3.05) is 0 Å². The van der Waals surface area contributed by atoms with Gasteiger partial charge in [-0.1, -0.05) is 18.2 Å². The van der Waals surface area contributed by atoms with Crippen molar-refractivity contribution in [2.24, 2.45) is 0 Å². The van der Waals surface area contributed by atoms with Crippen molar-refractivity contribution >= 4 is 12.0 Å². The van der Waals surface area contributed by atoms with Gasteiger partial charge in [0.25, 0.3) is 0 Å². The summed E-state index contributed by atoms with van der Waals surface area (Å²) in [5.41, 5.74) is 0.350. The summed E-state index contributed by atoms with van der Waals surface area (Å²) in [6, 6.07) is 5.17. The molecule has 0 radical (unpaired) electrons. The van der Waals surface area contributed by atoms with Crippen LogP contribution >= 0.6 is 0 Å². The smallest absolute Gasteiger partial charge is 0.405 e. The van der Waals surface area contributed by atoms with Crippen LogP contribution in [0.3, 0.4) is 0 Å². The van der Waals surface area contributed by atoms with Gasteiger partial charge in [-0.2, -0.15) is 0 Å². The van der Waals surface area contributed by atoms with E-state index < -0.39 is 23.9 Å². The fraction of sp³-hybridized carbons (Fsp3) is 0.273. The predicted octanol–water partition coefficient (Wildman–Crippen LogP) is 1.10. The minimum absolute atomic E-state index is 0.0249. The molecule has 0 aliphatic carbocycles. The molecule has 17 heavy (non-hydrogen) atoms. The lowest BCUT2D eigenvalue weighted by Gasteiger charge is -2.12. The molecule has 1 atom stereocenters. The first-order chi connectivity index (χ1) is 8.00. The average molecular weight is 240 g/mol. The highest BCUT2D eigenvalue weighted by atomic mass is 19.1. The molecule has 0 bridgehead atoms. The van der Waals surface area contributed by atoms with Crippen molar-refractivity contribution in [2.45, 2.75) is 19.5 Å². The Bertz CT molecular complexity index is 423. The summed E-state index contributed by atoms with van der Waals surface area (Å²) in [7, 11) is 0. The van der Waals surface area contributed by atoms with Gasteiger partial charge in [-0.3, -0.25) is 4.79 Å². The lowest BCUT2D eigenvalue weighted by molar-refractivity contribution is -0.122. The molecule has 0 aliphatic heterocycles. The summed E-state index contributed by atoms with van der Waals surface area (Å²) in [6.07, 6.45) is -1.28. The van der Waals surface area contributed by atoms with Crippen molar-refractivity contribution in [1.29, 1.82) is 0 Å². The van der Waals surface area contributed by atoms with Crippen LogP contribution in [0.4, 0.5) is 9.18 Å². The number of benzene rings is 1. The Labute approximate surface area is 97.6 Å². The summed E-state index contributed by atoms with van der Waals surface area (Å²) in [4.78, 5) is 21.7. The van der Waals surface area contributed by atoms with E-state index in [0.717, 1.165) is 0 Å². The normalized spacial score (nSPS) is 11.6. The van der Waals surface area contributed by atoms with Crippen LogP contribution < -0.4 is 10.6 Å². The van der Waals surface area contributed by atoms with Crippen molar-refractivity contribution in [3.8, 4) is 0 Å². The third kappa shape index (κ3) is 4.10. The van der Waals surface area contributed by atoms with E-state index in [1.165, 1.54) is 13.0 Å². The maximum atomic E-state index is 13.2. The molecule has 0 aromatic heterocycles. The number of amides is 2. The summed E-state index contributed by atoms with van der Waals surface area (Å²) in [6.45, 7) is 1.43. The van der Waals surface area contributed by atoms with E-state index in [0.29, 0.717) is 5.56 Å². The van der Waals surface area contributed by atoms with Crippen molar-refractivity contribution in [3.63, 3.8) is 0 Å². The maximum Gasteiger partial charge on any atom is 0.405 e. The van der Waals surface area contributed by atoms with Crippen LogP contribution in [0, 0.1) is 5.82 Å². The zero-order chi connectivity index (χ0) is 12.8. The van der Waals surface area contributed by atoms with Gasteiger partial charge in [0.05, 0.1) is 0 Å². The summed E-state index contributed by atoms with van der Waals surface area (Å²) in [5.74, 6) is -0.915. The minimum Gasteiger partial charge on any atom is -0.465 e. The molecular formula is C11H13FN2O3. The second-order valence-electron chi connectivity index (χ2n) is 3.48. The van der Waals surface area contributed by atoms with Crippen LogP contribution in [0.1, 0.15) is 12.5 Å². The van der Waals surface area contributed by atoms with Crippen LogP contribution in [0.15, 0.2) is 24.3 Å². The summed E-state index contributed by atoms with van der Waals surface area (Å²) < 4.78 is 13.2. The number of hydrogen-bond acceptors (Lipinski definition) is 2. The highest BCUT2D eigenvalue weighted by molar-refractivity contribution is 5.84. The highest BCUT2D eigenvalue weighted by Crippen LogP contribution is 2.05. The average Bonchev–Trinajstić information content (AvgIpc) is 2.26. The Morgan fingerprint density at radius 1 is 1.41 bits per heavy atom. The predicted molar refractivity (Wildman–Crippen MR) is 58.9 cm³/mol. The third-order valence-corrected chi connectivity index (χ3v) is 2.14. The summed E-state index contributed by atoms with van der Waals surface area (Å²) in [5, 5.41) is 12.9. The number of carbonyl (C=O) groups excluding carboxylic acids is 1. The van der Waals surface area contributed by atoms with Gasteiger partial charge in [-0.15, -0.1) is 0 Å². The minimum atomic E-state index is -1.28. The Morgan fingerprint density at radius 2 is 2.06 bits per heavy atom. The fourth-order valence-corrected chi connectivity index (χ4v) is 1.23. The van der Waals surface area contributed by atoms with Gasteiger partial charge < -0.3 is 15.7 Å². The topological polar surface area (TPSA) is 78.4 Å². The van der Waals surface area contributed by atoms with Gasteiger partial charge in [0.1, 0.15) is 11.9 Å². The molecule has 0 heterocycles. The number of carboxylic acid groups (broad SMARTS) is 1. The Balaban J connectivity index is 2.48. The SMILES string of the molecule is CC(NC(=O)O)C(=O)NCc1ccccc1F. The molecule has 6 heteroatoms. The van der Waals surface area contributed by atoms with Crippen LogP contribution in [0.25, 0.3) is 0 Å². The van der Waals surface area contributed by atoms with Crippen molar-refractivity contribution in [3.05, 3.63) is 35.6 Å². The molecule has 1 unspecified atom stereocenters. The second kappa shape index (κ2) is 5.83. The van der Waals surface area contributed by atoms with E-state index in [9.17, 15) is 14.0 Å². The lowest BCUT2D eigenvalue weighted by atomic mass is 10.2.